The van der Waals surface area contributed by atoms with Crippen molar-refractivity contribution in [1.29, 1.82) is 0 Å². The van der Waals surface area contributed by atoms with Crippen molar-refractivity contribution in [2.24, 2.45) is 0 Å². The minimum absolute atomic E-state index is 0.126. The van der Waals surface area contributed by atoms with Crippen LogP contribution in [-0.4, -0.2) is 22.1 Å². The quantitative estimate of drug-likeness (QED) is 0.789. The van der Waals surface area contributed by atoms with E-state index in [-0.39, 0.29) is 11.9 Å². The van der Waals surface area contributed by atoms with E-state index in [9.17, 15) is 4.79 Å². The standard InChI is InChI=1S/C15H18N4O/c1-2-12-13(16)14(19-18-12)15(20)17-11-7-9-5-3-4-6-10(9)8-11/h3-6,11H,2,7-8,16H2,1H3,(H,17,20)(H,18,19). The van der Waals surface area contributed by atoms with Gasteiger partial charge < -0.3 is 11.1 Å². The second kappa shape index (κ2) is 5.00. The predicted octanol–water partition coefficient (Wildman–Crippen LogP) is 1.45. The Hall–Kier alpha value is -2.30. The number of carbonyl (C=O) groups is 1. The molecule has 0 bridgehead atoms. The van der Waals surface area contributed by atoms with E-state index in [0.717, 1.165) is 25.0 Å². The van der Waals surface area contributed by atoms with Crippen LogP contribution in [0.5, 0.6) is 0 Å². The van der Waals surface area contributed by atoms with Gasteiger partial charge in [0, 0.05) is 6.04 Å². The Bertz CT molecular complexity index is 622. The molecule has 1 aromatic heterocycles. The molecule has 104 valence electrons. The van der Waals surface area contributed by atoms with Crippen LogP contribution in [0.4, 0.5) is 5.69 Å². The normalized spacial score (nSPS) is 14.2. The highest BCUT2D eigenvalue weighted by atomic mass is 16.2. The zero-order valence-corrected chi connectivity index (χ0v) is 11.4. The Morgan fingerprint density at radius 1 is 1.40 bits per heavy atom. The van der Waals surface area contributed by atoms with Crippen LogP contribution in [0.15, 0.2) is 24.3 Å². The number of amides is 1. The lowest BCUT2D eigenvalue weighted by Crippen LogP contribution is -2.35. The number of carbonyl (C=O) groups excluding carboxylic acids is 1. The molecule has 5 nitrogen and oxygen atoms in total. The van der Waals surface area contributed by atoms with Crippen LogP contribution in [0.2, 0.25) is 0 Å². The number of aromatic nitrogens is 2. The van der Waals surface area contributed by atoms with Crippen LogP contribution < -0.4 is 11.1 Å². The first-order valence-electron chi connectivity index (χ1n) is 6.89. The number of nitrogens with zero attached hydrogens (tertiary/aromatic N) is 1. The third-order valence-corrected chi connectivity index (χ3v) is 3.84. The number of aromatic amines is 1. The molecular weight excluding hydrogens is 252 g/mol. The van der Waals surface area contributed by atoms with Gasteiger partial charge in [-0.2, -0.15) is 5.10 Å². The molecule has 0 radical (unpaired) electrons. The van der Waals surface area contributed by atoms with Gasteiger partial charge in [0.2, 0.25) is 0 Å². The van der Waals surface area contributed by atoms with Crippen molar-refractivity contribution in [2.75, 3.05) is 5.73 Å². The number of hydrogen-bond donors (Lipinski definition) is 3. The van der Waals surface area contributed by atoms with Gasteiger partial charge in [-0.05, 0) is 30.4 Å². The summed E-state index contributed by atoms with van der Waals surface area (Å²) in [5.41, 5.74) is 10.1. The average Bonchev–Trinajstić information content (AvgIpc) is 3.01. The number of aryl methyl sites for hydroxylation is 1. The molecule has 20 heavy (non-hydrogen) atoms. The lowest BCUT2D eigenvalue weighted by atomic mass is 10.1. The summed E-state index contributed by atoms with van der Waals surface area (Å²) in [6.07, 6.45) is 2.47. The molecular formula is C15H18N4O. The fourth-order valence-corrected chi connectivity index (χ4v) is 2.74. The minimum Gasteiger partial charge on any atom is -0.395 e. The largest absolute Gasteiger partial charge is 0.395 e. The highest BCUT2D eigenvalue weighted by Gasteiger charge is 2.25. The van der Waals surface area contributed by atoms with Crippen LogP contribution in [0.25, 0.3) is 0 Å². The Morgan fingerprint density at radius 2 is 2.05 bits per heavy atom. The molecule has 0 spiro atoms. The van der Waals surface area contributed by atoms with Gasteiger partial charge in [-0.1, -0.05) is 31.2 Å². The summed E-state index contributed by atoms with van der Waals surface area (Å²) in [7, 11) is 0. The predicted molar refractivity (Wildman–Crippen MR) is 77.5 cm³/mol. The summed E-state index contributed by atoms with van der Waals surface area (Å²) >= 11 is 0. The summed E-state index contributed by atoms with van der Waals surface area (Å²) < 4.78 is 0. The fourth-order valence-electron chi connectivity index (χ4n) is 2.74. The Balaban J connectivity index is 1.70. The molecule has 0 fully saturated rings. The van der Waals surface area contributed by atoms with Crippen LogP contribution >= 0.6 is 0 Å². The van der Waals surface area contributed by atoms with Gasteiger partial charge in [0.15, 0.2) is 5.69 Å². The number of nitrogen functional groups attached to an aromatic ring is 1. The van der Waals surface area contributed by atoms with E-state index < -0.39 is 0 Å². The van der Waals surface area contributed by atoms with Crippen molar-refractivity contribution in [3.8, 4) is 0 Å². The molecule has 1 aliphatic carbocycles. The molecule has 3 rings (SSSR count). The number of anilines is 1. The summed E-state index contributed by atoms with van der Waals surface area (Å²) in [5, 5.41) is 9.85. The smallest absolute Gasteiger partial charge is 0.274 e. The second-order valence-corrected chi connectivity index (χ2v) is 5.17. The number of fused-ring (bicyclic) bond motifs is 1. The first-order chi connectivity index (χ1) is 9.69. The van der Waals surface area contributed by atoms with E-state index in [1.54, 1.807) is 0 Å². The molecule has 0 saturated heterocycles. The highest BCUT2D eigenvalue weighted by Crippen LogP contribution is 2.22. The second-order valence-electron chi connectivity index (χ2n) is 5.17. The molecule has 5 heteroatoms. The SMILES string of the molecule is CCc1[nH]nc(C(=O)NC2Cc3ccccc3C2)c1N. The van der Waals surface area contributed by atoms with Crippen LogP contribution in [-0.2, 0) is 19.3 Å². The number of nitrogens with one attached hydrogen (secondary N) is 2. The molecule has 0 atom stereocenters. The summed E-state index contributed by atoms with van der Waals surface area (Å²) in [4.78, 5) is 12.2. The molecule has 0 saturated carbocycles. The molecule has 0 unspecified atom stereocenters. The molecule has 2 aromatic rings. The number of H-pyrrole nitrogens is 1. The van der Waals surface area contributed by atoms with Crippen molar-refractivity contribution in [3.63, 3.8) is 0 Å². The zero-order chi connectivity index (χ0) is 14.1. The molecule has 1 aliphatic rings. The molecule has 4 N–H and O–H groups in total. The summed E-state index contributed by atoms with van der Waals surface area (Å²) in [6.45, 7) is 1.97. The number of rotatable bonds is 3. The molecule has 1 amide bonds. The third-order valence-electron chi connectivity index (χ3n) is 3.84. The summed E-state index contributed by atoms with van der Waals surface area (Å²) in [5.74, 6) is -0.198. The lowest BCUT2D eigenvalue weighted by Gasteiger charge is -2.11. The summed E-state index contributed by atoms with van der Waals surface area (Å²) in [6, 6.07) is 8.41. The van der Waals surface area contributed by atoms with Gasteiger partial charge in [-0.15, -0.1) is 0 Å². The van der Waals surface area contributed by atoms with E-state index in [0.29, 0.717) is 11.4 Å². The average molecular weight is 270 g/mol. The van der Waals surface area contributed by atoms with Gasteiger partial charge in [-0.3, -0.25) is 9.89 Å². The Kier molecular flexibility index (Phi) is 3.18. The van der Waals surface area contributed by atoms with Crippen molar-refractivity contribution in [1.82, 2.24) is 15.5 Å². The van der Waals surface area contributed by atoms with Gasteiger partial charge in [-0.25, -0.2) is 0 Å². The zero-order valence-electron chi connectivity index (χ0n) is 11.4. The first-order valence-corrected chi connectivity index (χ1v) is 6.89. The van der Waals surface area contributed by atoms with Gasteiger partial charge in [0.25, 0.3) is 5.91 Å². The first kappa shape index (κ1) is 12.7. The van der Waals surface area contributed by atoms with Crippen molar-refractivity contribution >= 4 is 11.6 Å². The van der Waals surface area contributed by atoms with Crippen LogP contribution in [0, 0.1) is 0 Å². The van der Waals surface area contributed by atoms with Gasteiger partial charge in [0.05, 0.1) is 11.4 Å². The Labute approximate surface area is 117 Å². The van der Waals surface area contributed by atoms with Crippen molar-refractivity contribution in [3.05, 3.63) is 46.8 Å². The molecule has 1 aromatic carbocycles. The number of hydrogen-bond acceptors (Lipinski definition) is 3. The molecule has 0 aliphatic heterocycles. The minimum atomic E-state index is -0.198. The fraction of sp³-hybridized carbons (Fsp3) is 0.333. The van der Waals surface area contributed by atoms with Crippen LogP contribution in [0.3, 0.4) is 0 Å². The van der Waals surface area contributed by atoms with Gasteiger partial charge in [0.1, 0.15) is 0 Å². The lowest BCUT2D eigenvalue weighted by molar-refractivity contribution is 0.0934. The van der Waals surface area contributed by atoms with E-state index in [2.05, 4.69) is 27.6 Å². The molecule has 1 heterocycles. The van der Waals surface area contributed by atoms with Crippen molar-refractivity contribution < 1.29 is 4.79 Å². The number of benzene rings is 1. The maximum absolute atomic E-state index is 12.2. The van der Waals surface area contributed by atoms with Crippen molar-refractivity contribution in [2.45, 2.75) is 32.2 Å². The monoisotopic (exact) mass is 270 g/mol. The topological polar surface area (TPSA) is 83.8 Å². The third kappa shape index (κ3) is 2.15. The van der Waals surface area contributed by atoms with Crippen LogP contribution in [0.1, 0.15) is 34.2 Å². The maximum atomic E-state index is 12.2. The van der Waals surface area contributed by atoms with E-state index in [4.69, 9.17) is 5.73 Å². The Morgan fingerprint density at radius 3 is 2.60 bits per heavy atom. The van der Waals surface area contributed by atoms with E-state index in [1.165, 1.54) is 11.1 Å². The highest BCUT2D eigenvalue weighted by molar-refractivity contribution is 5.97. The van der Waals surface area contributed by atoms with Gasteiger partial charge >= 0.3 is 0 Å². The van der Waals surface area contributed by atoms with E-state index >= 15 is 0 Å². The number of nitrogens with two attached hydrogens (primary N) is 1. The van der Waals surface area contributed by atoms with E-state index in [1.807, 2.05) is 19.1 Å². The maximum Gasteiger partial charge on any atom is 0.274 e.